The topological polar surface area (TPSA) is 78.4 Å². The van der Waals surface area contributed by atoms with Crippen LogP contribution in [0, 0.1) is 5.92 Å². The van der Waals surface area contributed by atoms with Gasteiger partial charge in [-0.05, 0) is 32.2 Å². The highest BCUT2D eigenvalue weighted by Crippen LogP contribution is 2.09. The van der Waals surface area contributed by atoms with Crippen LogP contribution in [-0.4, -0.2) is 36.6 Å². The van der Waals surface area contributed by atoms with Crippen LogP contribution in [0.2, 0.25) is 0 Å². The molecule has 104 valence electrons. The molecular weight excluding hydrogens is 232 g/mol. The minimum Gasteiger partial charge on any atom is -0.481 e. The third-order valence-corrected chi connectivity index (χ3v) is 3.28. The average molecular weight is 256 g/mol. The van der Waals surface area contributed by atoms with Crippen molar-refractivity contribution in [3.63, 3.8) is 0 Å². The number of carbonyl (C=O) groups excluding carboxylic acids is 1. The van der Waals surface area contributed by atoms with Crippen molar-refractivity contribution in [3.8, 4) is 0 Å². The first-order valence-electron chi connectivity index (χ1n) is 6.90. The SMILES string of the molecule is O=C(O)CCCCCCNC(=O)[C@H]1CCCNC1. The van der Waals surface area contributed by atoms with Crippen LogP contribution >= 0.6 is 0 Å². The number of amides is 1. The van der Waals surface area contributed by atoms with E-state index in [0.717, 1.165) is 51.6 Å². The molecule has 0 spiro atoms. The molecule has 1 saturated heterocycles. The van der Waals surface area contributed by atoms with Gasteiger partial charge in [0, 0.05) is 19.5 Å². The summed E-state index contributed by atoms with van der Waals surface area (Å²) in [5, 5.41) is 14.7. The fraction of sp³-hybridized carbons (Fsp3) is 0.846. The molecule has 0 unspecified atom stereocenters. The quantitative estimate of drug-likeness (QED) is 0.569. The molecule has 18 heavy (non-hydrogen) atoms. The van der Waals surface area contributed by atoms with E-state index in [4.69, 9.17) is 5.11 Å². The summed E-state index contributed by atoms with van der Waals surface area (Å²) in [7, 11) is 0. The fourth-order valence-corrected chi connectivity index (χ4v) is 2.19. The second-order valence-corrected chi connectivity index (χ2v) is 4.89. The van der Waals surface area contributed by atoms with Gasteiger partial charge in [-0.15, -0.1) is 0 Å². The lowest BCUT2D eigenvalue weighted by Crippen LogP contribution is -2.40. The second-order valence-electron chi connectivity index (χ2n) is 4.89. The normalized spacial score (nSPS) is 19.4. The van der Waals surface area contributed by atoms with Gasteiger partial charge in [-0.1, -0.05) is 12.8 Å². The summed E-state index contributed by atoms with van der Waals surface area (Å²) in [6.45, 7) is 2.53. The van der Waals surface area contributed by atoms with E-state index in [1.54, 1.807) is 0 Å². The first kappa shape index (κ1) is 15.0. The zero-order chi connectivity index (χ0) is 13.2. The van der Waals surface area contributed by atoms with Crippen LogP contribution in [0.4, 0.5) is 0 Å². The van der Waals surface area contributed by atoms with Crippen molar-refractivity contribution in [1.82, 2.24) is 10.6 Å². The van der Waals surface area contributed by atoms with Gasteiger partial charge in [0.15, 0.2) is 0 Å². The molecule has 1 fully saturated rings. The molecule has 1 aliphatic heterocycles. The lowest BCUT2D eigenvalue weighted by Gasteiger charge is -2.21. The Morgan fingerprint density at radius 3 is 2.67 bits per heavy atom. The van der Waals surface area contributed by atoms with E-state index in [2.05, 4.69) is 10.6 Å². The standard InChI is InChI=1S/C13H24N2O3/c16-12(17)7-3-1-2-4-9-15-13(18)11-6-5-8-14-10-11/h11,14H,1-10H2,(H,15,18)(H,16,17)/t11-/m0/s1. The molecule has 1 atom stereocenters. The van der Waals surface area contributed by atoms with Crippen molar-refractivity contribution in [2.45, 2.75) is 44.9 Å². The first-order chi connectivity index (χ1) is 8.70. The molecule has 1 amide bonds. The highest BCUT2D eigenvalue weighted by molar-refractivity contribution is 5.78. The number of hydrogen-bond donors (Lipinski definition) is 3. The monoisotopic (exact) mass is 256 g/mol. The van der Waals surface area contributed by atoms with E-state index in [-0.39, 0.29) is 18.2 Å². The number of aliphatic carboxylic acids is 1. The number of unbranched alkanes of at least 4 members (excludes halogenated alkanes) is 3. The van der Waals surface area contributed by atoms with Crippen molar-refractivity contribution >= 4 is 11.9 Å². The van der Waals surface area contributed by atoms with Crippen molar-refractivity contribution in [2.75, 3.05) is 19.6 Å². The lowest BCUT2D eigenvalue weighted by molar-refractivity contribution is -0.137. The Labute approximate surface area is 108 Å². The first-order valence-corrected chi connectivity index (χ1v) is 6.90. The van der Waals surface area contributed by atoms with Crippen molar-refractivity contribution in [2.24, 2.45) is 5.92 Å². The summed E-state index contributed by atoms with van der Waals surface area (Å²) in [4.78, 5) is 22.0. The number of nitrogens with one attached hydrogen (secondary N) is 2. The lowest BCUT2D eigenvalue weighted by atomic mass is 9.99. The number of carboxylic acid groups (broad SMARTS) is 1. The maximum atomic E-state index is 11.7. The highest BCUT2D eigenvalue weighted by Gasteiger charge is 2.19. The van der Waals surface area contributed by atoms with Crippen LogP contribution in [0.25, 0.3) is 0 Å². The molecule has 0 radical (unpaired) electrons. The van der Waals surface area contributed by atoms with Gasteiger partial charge in [0.05, 0.1) is 5.92 Å². The van der Waals surface area contributed by atoms with Gasteiger partial charge in [-0.2, -0.15) is 0 Å². The Kier molecular flexibility index (Phi) is 7.41. The number of carboxylic acids is 1. The van der Waals surface area contributed by atoms with Crippen LogP contribution in [0.1, 0.15) is 44.9 Å². The minimum absolute atomic E-state index is 0.130. The summed E-state index contributed by atoms with van der Waals surface area (Å²) in [5.41, 5.74) is 0. The van der Waals surface area contributed by atoms with E-state index in [9.17, 15) is 9.59 Å². The molecule has 0 aromatic heterocycles. The Balaban J connectivity index is 1.93. The zero-order valence-corrected chi connectivity index (χ0v) is 10.9. The maximum Gasteiger partial charge on any atom is 0.303 e. The summed E-state index contributed by atoms with van der Waals surface area (Å²) >= 11 is 0. The van der Waals surface area contributed by atoms with Gasteiger partial charge < -0.3 is 15.7 Å². The van der Waals surface area contributed by atoms with Crippen LogP contribution in [0.3, 0.4) is 0 Å². The predicted molar refractivity (Wildman–Crippen MR) is 69.3 cm³/mol. The Morgan fingerprint density at radius 1 is 1.22 bits per heavy atom. The Morgan fingerprint density at radius 2 is 2.00 bits per heavy atom. The summed E-state index contributed by atoms with van der Waals surface area (Å²) in [6, 6.07) is 0. The smallest absolute Gasteiger partial charge is 0.303 e. The maximum absolute atomic E-state index is 11.7. The van der Waals surface area contributed by atoms with Crippen molar-refractivity contribution < 1.29 is 14.7 Å². The van der Waals surface area contributed by atoms with E-state index in [1.807, 2.05) is 0 Å². The zero-order valence-electron chi connectivity index (χ0n) is 10.9. The average Bonchev–Trinajstić information content (AvgIpc) is 2.38. The Bertz CT molecular complexity index is 263. The van der Waals surface area contributed by atoms with E-state index >= 15 is 0 Å². The minimum atomic E-state index is -0.729. The van der Waals surface area contributed by atoms with Gasteiger partial charge in [0.1, 0.15) is 0 Å². The van der Waals surface area contributed by atoms with Crippen LogP contribution in [-0.2, 0) is 9.59 Å². The molecule has 0 bridgehead atoms. The van der Waals surface area contributed by atoms with Gasteiger partial charge in [-0.3, -0.25) is 9.59 Å². The van der Waals surface area contributed by atoms with Crippen LogP contribution in [0.15, 0.2) is 0 Å². The Hall–Kier alpha value is -1.10. The molecule has 0 saturated carbocycles. The molecule has 0 aromatic rings. The fourth-order valence-electron chi connectivity index (χ4n) is 2.19. The summed E-state index contributed by atoms with van der Waals surface area (Å²) in [5.74, 6) is -0.438. The van der Waals surface area contributed by atoms with E-state index in [0.29, 0.717) is 6.54 Å². The molecule has 0 aromatic carbocycles. The molecule has 1 rings (SSSR count). The highest BCUT2D eigenvalue weighted by atomic mass is 16.4. The van der Waals surface area contributed by atoms with Gasteiger partial charge in [0.25, 0.3) is 0 Å². The molecule has 3 N–H and O–H groups in total. The molecule has 5 nitrogen and oxygen atoms in total. The van der Waals surface area contributed by atoms with Crippen LogP contribution in [0.5, 0.6) is 0 Å². The summed E-state index contributed by atoms with van der Waals surface area (Å²) < 4.78 is 0. The molecule has 1 heterocycles. The predicted octanol–water partition coefficient (Wildman–Crippen LogP) is 1.14. The second kappa shape index (κ2) is 8.91. The van der Waals surface area contributed by atoms with Gasteiger partial charge >= 0.3 is 5.97 Å². The number of carbonyl (C=O) groups is 2. The number of rotatable bonds is 8. The molecule has 1 aliphatic rings. The van der Waals surface area contributed by atoms with E-state index < -0.39 is 5.97 Å². The van der Waals surface area contributed by atoms with Crippen LogP contribution < -0.4 is 10.6 Å². The largest absolute Gasteiger partial charge is 0.481 e. The number of hydrogen-bond acceptors (Lipinski definition) is 3. The van der Waals surface area contributed by atoms with Gasteiger partial charge in [0.2, 0.25) is 5.91 Å². The van der Waals surface area contributed by atoms with Gasteiger partial charge in [-0.25, -0.2) is 0 Å². The van der Waals surface area contributed by atoms with E-state index in [1.165, 1.54) is 0 Å². The van der Waals surface area contributed by atoms with Crippen molar-refractivity contribution in [1.29, 1.82) is 0 Å². The third kappa shape index (κ3) is 6.59. The van der Waals surface area contributed by atoms with Crippen molar-refractivity contribution in [3.05, 3.63) is 0 Å². The molecule has 5 heteroatoms. The summed E-state index contributed by atoms with van der Waals surface area (Å²) in [6.07, 6.45) is 5.88. The molecular formula is C13H24N2O3. The number of piperidine rings is 1. The molecule has 0 aliphatic carbocycles. The third-order valence-electron chi connectivity index (χ3n) is 3.28.